The lowest BCUT2D eigenvalue weighted by molar-refractivity contribution is -0.141. The summed E-state index contributed by atoms with van der Waals surface area (Å²) in [5.41, 5.74) is 5.56. The van der Waals surface area contributed by atoms with Gasteiger partial charge >= 0.3 is 0 Å². The van der Waals surface area contributed by atoms with Crippen molar-refractivity contribution in [2.24, 2.45) is 17.6 Å². The number of nitrogens with two attached hydrogens (primary N) is 1. The molecule has 1 amide bonds. The largest absolute Gasteiger partial charge is 0.364 e. The van der Waals surface area contributed by atoms with Crippen LogP contribution in [0.4, 0.5) is 0 Å². The highest BCUT2D eigenvalue weighted by atomic mass is 16.5. The summed E-state index contributed by atoms with van der Waals surface area (Å²) in [4.78, 5) is 14.2. The Kier molecular flexibility index (Phi) is 4.05. The smallest absolute Gasteiger partial charge is 0.251 e. The van der Waals surface area contributed by atoms with Crippen molar-refractivity contribution in [3.63, 3.8) is 0 Å². The molecular weight excluding hydrogens is 216 g/mol. The Hall–Kier alpha value is -0.610. The van der Waals surface area contributed by atoms with Crippen LogP contribution in [0.25, 0.3) is 0 Å². The van der Waals surface area contributed by atoms with Gasteiger partial charge in [0.2, 0.25) is 0 Å². The molecule has 0 radical (unpaired) electrons. The molecule has 0 aromatic carbocycles. The molecule has 2 N–H and O–H groups in total. The van der Waals surface area contributed by atoms with Crippen LogP contribution in [-0.2, 0) is 9.53 Å². The quantitative estimate of drug-likeness (QED) is 0.800. The second kappa shape index (κ2) is 5.36. The minimum atomic E-state index is -0.227. The third-order valence-electron chi connectivity index (χ3n) is 4.13. The average molecular weight is 240 g/mol. The number of likely N-dealkylation sites (tertiary alicyclic amines) is 1. The molecule has 3 unspecified atom stereocenters. The zero-order valence-corrected chi connectivity index (χ0v) is 10.9. The third-order valence-corrected chi connectivity index (χ3v) is 4.13. The lowest BCUT2D eigenvalue weighted by atomic mass is 9.95. The molecule has 0 saturated carbocycles. The Balaban J connectivity index is 1.85. The molecule has 2 aliphatic heterocycles. The Morgan fingerprint density at radius 3 is 2.71 bits per heavy atom. The Morgan fingerprint density at radius 1 is 1.41 bits per heavy atom. The fourth-order valence-electron chi connectivity index (χ4n) is 2.80. The first kappa shape index (κ1) is 12.8. The number of carbonyl (C=O) groups is 1. The van der Waals surface area contributed by atoms with E-state index < -0.39 is 0 Å². The normalized spacial score (nSPS) is 33.6. The highest BCUT2D eigenvalue weighted by molar-refractivity contribution is 5.81. The molecule has 0 aliphatic carbocycles. The van der Waals surface area contributed by atoms with E-state index in [9.17, 15) is 4.79 Å². The summed E-state index contributed by atoms with van der Waals surface area (Å²) in [6.45, 7) is 6.79. The molecule has 2 aliphatic rings. The maximum absolute atomic E-state index is 12.2. The first-order valence-corrected chi connectivity index (χ1v) is 6.76. The summed E-state index contributed by atoms with van der Waals surface area (Å²) in [6.07, 6.45) is 2.76. The van der Waals surface area contributed by atoms with Crippen LogP contribution in [0.15, 0.2) is 0 Å². The number of carbonyl (C=O) groups excluding carboxylic acids is 1. The SMILES string of the molecule is CC(C)C1CCN(C(=O)C2CCC(CN)O2)C1. The van der Waals surface area contributed by atoms with Gasteiger partial charge in [-0.15, -0.1) is 0 Å². The molecule has 2 saturated heterocycles. The molecule has 0 spiro atoms. The van der Waals surface area contributed by atoms with Crippen LogP contribution >= 0.6 is 0 Å². The van der Waals surface area contributed by atoms with Crippen LogP contribution in [0, 0.1) is 11.8 Å². The van der Waals surface area contributed by atoms with Gasteiger partial charge in [-0.3, -0.25) is 4.79 Å². The van der Waals surface area contributed by atoms with Crippen molar-refractivity contribution >= 4 is 5.91 Å². The summed E-state index contributed by atoms with van der Waals surface area (Å²) in [6, 6.07) is 0. The number of hydrogen-bond donors (Lipinski definition) is 1. The van der Waals surface area contributed by atoms with E-state index in [1.54, 1.807) is 0 Å². The zero-order chi connectivity index (χ0) is 12.4. The van der Waals surface area contributed by atoms with Crippen LogP contribution in [0.5, 0.6) is 0 Å². The first-order valence-electron chi connectivity index (χ1n) is 6.76. The number of ether oxygens (including phenoxy) is 1. The Labute approximate surface area is 103 Å². The van der Waals surface area contributed by atoms with Gasteiger partial charge < -0.3 is 15.4 Å². The molecular formula is C13H24N2O2. The highest BCUT2D eigenvalue weighted by Crippen LogP contribution is 2.27. The molecule has 0 bridgehead atoms. The molecule has 3 atom stereocenters. The summed E-state index contributed by atoms with van der Waals surface area (Å²) >= 11 is 0. The molecule has 2 heterocycles. The first-order chi connectivity index (χ1) is 8.11. The maximum atomic E-state index is 12.2. The highest BCUT2D eigenvalue weighted by Gasteiger charge is 2.36. The fourth-order valence-corrected chi connectivity index (χ4v) is 2.80. The van der Waals surface area contributed by atoms with Gasteiger partial charge in [0, 0.05) is 19.6 Å². The van der Waals surface area contributed by atoms with E-state index in [0.717, 1.165) is 32.4 Å². The second-order valence-electron chi connectivity index (χ2n) is 5.64. The van der Waals surface area contributed by atoms with Crippen LogP contribution in [0.1, 0.15) is 33.1 Å². The number of nitrogens with zero attached hydrogens (tertiary/aromatic N) is 1. The van der Waals surface area contributed by atoms with Gasteiger partial charge in [0.25, 0.3) is 5.91 Å². The van der Waals surface area contributed by atoms with Crippen LogP contribution in [-0.4, -0.2) is 42.6 Å². The van der Waals surface area contributed by atoms with Crippen LogP contribution in [0.3, 0.4) is 0 Å². The second-order valence-corrected chi connectivity index (χ2v) is 5.64. The fraction of sp³-hybridized carbons (Fsp3) is 0.923. The predicted octanol–water partition coefficient (Wildman–Crippen LogP) is 0.997. The third kappa shape index (κ3) is 2.80. The van der Waals surface area contributed by atoms with Crippen molar-refractivity contribution in [3.05, 3.63) is 0 Å². The predicted molar refractivity (Wildman–Crippen MR) is 66.5 cm³/mol. The molecule has 98 valence electrons. The van der Waals surface area contributed by atoms with Crippen molar-refractivity contribution in [3.8, 4) is 0 Å². The van der Waals surface area contributed by atoms with Crippen molar-refractivity contribution < 1.29 is 9.53 Å². The van der Waals surface area contributed by atoms with Crippen molar-refractivity contribution in [1.29, 1.82) is 0 Å². The summed E-state index contributed by atoms with van der Waals surface area (Å²) in [5, 5.41) is 0. The molecule has 4 nitrogen and oxygen atoms in total. The van der Waals surface area contributed by atoms with E-state index in [0.29, 0.717) is 18.4 Å². The van der Waals surface area contributed by atoms with Gasteiger partial charge in [0.15, 0.2) is 0 Å². The van der Waals surface area contributed by atoms with E-state index in [2.05, 4.69) is 13.8 Å². The average Bonchev–Trinajstić information content (AvgIpc) is 2.97. The van der Waals surface area contributed by atoms with Crippen molar-refractivity contribution in [2.45, 2.75) is 45.3 Å². The van der Waals surface area contributed by atoms with Gasteiger partial charge in [-0.1, -0.05) is 13.8 Å². The molecule has 0 aromatic rings. The monoisotopic (exact) mass is 240 g/mol. The van der Waals surface area contributed by atoms with E-state index in [1.807, 2.05) is 4.90 Å². The van der Waals surface area contributed by atoms with Gasteiger partial charge in [0.1, 0.15) is 6.10 Å². The van der Waals surface area contributed by atoms with E-state index in [4.69, 9.17) is 10.5 Å². The zero-order valence-electron chi connectivity index (χ0n) is 10.9. The van der Waals surface area contributed by atoms with Crippen LogP contribution < -0.4 is 5.73 Å². The number of amides is 1. The standard InChI is InChI=1S/C13H24N2O2/c1-9(2)10-5-6-15(8-10)13(16)12-4-3-11(7-14)17-12/h9-12H,3-8,14H2,1-2H3. The molecule has 17 heavy (non-hydrogen) atoms. The summed E-state index contributed by atoms with van der Waals surface area (Å²) in [5.74, 6) is 1.50. The van der Waals surface area contributed by atoms with Crippen molar-refractivity contribution in [2.75, 3.05) is 19.6 Å². The van der Waals surface area contributed by atoms with E-state index in [1.165, 1.54) is 0 Å². The maximum Gasteiger partial charge on any atom is 0.251 e. The van der Waals surface area contributed by atoms with Gasteiger partial charge in [-0.05, 0) is 31.1 Å². The van der Waals surface area contributed by atoms with Gasteiger partial charge in [-0.25, -0.2) is 0 Å². The van der Waals surface area contributed by atoms with Gasteiger partial charge in [-0.2, -0.15) is 0 Å². The van der Waals surface area contributed by atoms with E-state index in [-0.39, 0.29) is 18.1 Å². The number of rotatable bonds is 3. The van der Waals surface area contributed by atoms with Crippen LogP contribution in [0.2, 0.25) is 0 Å². The lowest BCUT2D eigenvalue weighted by Gasteiger charge is -2.21. The number of hydrogen-bond acceptors (Lipinski definition) is 3. The lowest BCUT2D eigenvalue weighted by Crippen LogP contribution is -2.38. The molecule has 0 aromatic heterocycles. The molecule has 2 fully saturated rings. The summed E-state index contributed by atoms with van der Waals surface area (Å²) in [7, 11) is 0. The molecule has 2 rings (SSSR count). The Bertz CT molecular complexity index is 281. The van der Waals surface area contributed by atoms with Crippen molar-refractivity contribution in [1.82, 2.24) is 4.90 Å². The minimum absolute atomic E-state index is 0.0902. The Morgan fingerprint density at radius 2 is 2.18 bits per heavy atom. The molecule has 4 heteroatoms. The topological polar surface area (TPSA) is 55.6 Å². The minimum Gasteiger partial charge on any atom is -0.364 e. The summed E-state index contributed by atoms with van der Waals surface area (Å²) < 4.78 is 5.66. The van der Waals surface area contributed by atoms with E-state index >= 15 is 0 Å². The van der Waals surface area contributed by atoms with Gasteiger partial charge in [0.05, 0.1) is 6.10 Å².